The van der Waals surface area contributed by atoms with Crippen LogP contribution in [0.4, 0.5) is 4.39 Å². The number of pyridine rings is 1. The highest BCUT2D eigenvalue weighted by Gasteiger charge is 2.17. The topological polar surface area (TPSA) is 86.4 Å². The first-order chi connectivity index (χ1) is 13.2. The fourth-order valence-corrected chi connectivity index (χ4v) is 2.96. The number of nitrogens with zero attached hydrogens (tertiary/aromatic N) is 4. The van der Waals surface area contributed by atoms with Crippen LogP contribution in [0.3, 0.4) is 0 Å². The highest BCUT2D eigenvalue weighted by atomic mass is 19.1. The van der Waals surface area contributed by atoms with Crippen LogP contribution in [-0.4, -0.2) is 39.1 Å². The number of carbonyl (C=O) groups is 1. The van der Waals surface area contributed by atoms with Crippen LogP contribution in [0.25, 0.3) is 11.0 Å². The second-order valence-corrected chi connectivity index (χ2v) is 6.43. The Bertz CT molecular complexity index is 1200. The zero-order valence-electron chi connectivity index (χ0n) is 15.9. The number of amides is 1. The van der Waals surface area contributed by atoms with Crippen molar-refractivity contribution in [3.8, 4) is 5.75 Å². The van der Waals surface area contributed by atoms with E-state index in [1.165, 1.54) is 55.1 Å². The van der Waals surface area contributed by atoms with Crippen LogP contribution < -0.4 is 16.0 Å². The van der Waals surface area contributed by atoms with Gasteiger partial charge in [-0.2, -0.15) is 0 Å². The molecule has 0 saturated carbocycles. The van der Waals surface area contributed by atoms with E-state index in [-0.39, 0.29) is 34.8 Å². The van der Waals surface area contributed by atoms with Crippen molar-refractivity contribution in [1.29, 1.82) is 0 Å². The molecule has 28 heavy (non-hydrogen) atoms. The van der Waals surface area contributed by atoms with Crippen molar-refractivity contribution in [3.63, 3.8) is 0 Å². The number of aromatic nitrogens is 3. The van der Waals surface area contributed by atoms with Gasteiger partial charge in [-0.25, -0.2) is 14.2 Å². The highest BCUT2D eigenvalue weighted by molar-refractivity contribution is 5.96. The van der Waals surface area contributed by atoms with Crippen molar-refractivity contribution in [3.05, 3.63) is 68.2 Å². The van der Waals surface area contributed by atoms with Crippen molar-refractivity contribution in [2.24, 2.45) is 14.1 Å². The Kier molecular flexibility index (Phi) is 5.00. The van der Waals surface area contributed by atoms with Crippen molar-refractivity contribution >= 4 is 16.9 Å². The van der Waals surface area contributed by atoms with E-state index in [1.807, 2.05) is 0 Å². The van der Waals surface area contributed by atoms with Crippen LogP contribution >= 0.6 is 0 Å². The van der Waals surface area contributed by atoms with E-state index in [0.29, 0.717) is 5.56 Å². The second kappa shape index (κ2) is 7.26. The zero-order valence-corrected chi connectivity index (χ0v) is 15.9. The summed E-state index contributed by atoms with van der Waals surface area (Å²) in [5, 5.41) is 0.166. The summed E-state index contributed by atoms with van der Waals surface area (Å²) < 4.78 is 20.9. The van der Waals surface area contributed by atoms with Gasteiger partial charge in [0.2, 0.25) is 0 Å². The number of ether oxygens (including phenoxy) is 1. The maximum atomic E-state index is 13.8. The van der Waals surface area contributed by atoms with Gasteiger partial charge in [0.1, 0.15) is 5.65 Å². The summed E-state index contributed by atoms with van der Waals surface area (Å²) in [5.41, 5.74) is -0.0478. The molecule has 1 aromatic carbocycles. The summed E-state index contributed by atoms with van der Waals surface area (Å²) in [5.74, 6) is -0.780. The van der Waals surface area contributed by atoms with Crippen molar-refractivity contribution in [1.82, 2.24) is 19.0 Å². The Hall–Kier alpha value is -3.49. The monoisotopic (exact) mass is 386 g/mol. The molecule has 2 aromatic heterocycles. The lowest BCUT2D eigenvalue weighted by Crippen LogP contribution is -2.37. The molecule has 0 radical (unpaired) electrons. The van der Waals surface area contributed by atoms with E-state index < -0.39 is 17.1 Å². The van der Waals surface area contributed by atoms with Gasteiger partial charge in [0.05, 0.1) is 18.1 Å². The standard InChI is InChI=1S/C19H19FN4O4/c1-22(10-11-5-6-15(28-4)14(20)7-11)17(25)12-8-13-16(21-9-12)23(2)19(27)24(3)18(13)26/h5-9H,10H2,1-4H3. The van der Waals surface area contributed by atoms with Crippen LogP contribution in [0, 0.1) is 5.82 Å². The summed E-state index contributed by atoms with van der Waals surface area (Å²) in [6.07, 6.45) is 1.31. The maximum Gasteiger partial charge on any atom is 0.332 e. The Morgan fingerprint density at radius 1 is 1.21 bits per heavy atom. The maximum absolute atomic E-state index is 13.8. The van der Waals surface area contributed by atoms with Gasteiger partial charge in [0.25, 0.3) is 11.5 Å². The van der Waals surface area contributed by atoms with Gasteiger partial charge in [-0.3, -0.25) is 18.7 Å². The van der Waals surface area contributed by atoms with E-state index in [9.17, 15) is 18.8 Å². The quantitative estimate of drug-likeness (QED) is 0.669. The summed E-state index contributed by atoms with van der Waals surface area (Å²) in [4.78, 5) is 42.6. The third-order valence-electron chi connectivity index (χ3n) is 4.52. The Morgan fingerprint density at radius 2 is 1.93 bits per heavy atom. The van der Waals surface area contributed by atoms with E-state index in [1.54, 1.807) is 13.1 Å². The number of rotatable bonds is 4. The number of hydrogen-bond donors (Lipinski definition) is 0. The summed E-state index contributed by atoms with van der Waals surface area (Å²) in [6, 6.07) is 5.87. The third kappa shape index (κ3) is 3.26. The molecule has 8 nitrogen and oxygen atoms in total. The summed E-state index contributed by atoms with van der Waals surface area (Å²) in [6.45, 7) is 0.156. The Morgan fingerprint density at radius 3 is 2.57 bits per heavy atom. The SMILES string of the molecule is COc1ccc(CN(C)C(=O)c2cnc3c(c2)c(=O)n(C)c(=O)n3C)cc1F. The Balaban J connectivity index is 1.93. The van der Waals surface area contributed by atoms with Crippen LogP contribution in [0.1, 0.15) is 15.9 Å². The van der Waals surface area contributed by atoms with Crippen LogP contribution in [0.15, 0.2) is 40.1 Å². The molecule has 1 amide bonds. The fourth-order valence-electron chi connectivity index (χ4n) is 2.96. The van der Waals surface area contributed by atoms with Gasteiger partial charge >= 0.3 is 5.69 Å². The van der Waals surface area contributed by atoms with Crippen molar-refractivity contribution < 1.29 is 13.9 Å². The van der Waals surface area contributed by atoms with Crippen LogP contribution in [0.2, 0.25) is 0 Å². The van der Waals surface area contributed by atoms with Crippen LogP contribution in [-0.2, 0) is 20.6 Å². The molecule has 0 atom stereocenters. The average molecular weight is 386 g/mol. The molecule has 0 bridgehead atoms. The fraction of sp³-hybridized carbons (Fsp3) is 0.263. The number of hydrogen-bond acceptors (Lipinski definition) is 5. The molecular weight excluding hydrogens is 367 g/mol. The molecule has 3 rings (SSSR count). The molecule has 3 aromatic rings. The van der Waals surface area contributed by atoms with Gasteiger partial charge in [0.15, 0.2) is 11.6 Å². The van der Waals surface area contributed by atoms with E-state index in [4.69, 9.17) is 4.74 Å². The third-order valence-corrected chi connectivity index (χ3v) is 4.52. The number of methoxy groups -OCH3 is 1. The lowest BCUT2D eigenvalue weighted by molar-refractivity contribution is 0.0784. The lowest BCUT2D eigenvalue weighted by atomic mass is 10.1. The molecule has 0 unspecified atom stereocenters. The first kappa shape index (κ1) is 19.3. The lowest BCUT2D eigenvalue weighted by Gasteiger charge is -2.18. The van der Waals surface area contributed by atoms with Gasteiger partial charge in [-0.15, -0.1) is 0 Å². The van der Waals surface area contributed by atoms with E-state index in [0.717, 1.165) is 4.57 Å². The molecule has 9 heteroatoms. The molecule has 0 fully saturated rings. The molecule has 146 valence electrons. The molecule has 0 N–H and O–H groups in total. The molecule has 0 aliphatic heterocycles. The minimum absolute atomic E-state index is 0.123. The van der Waals surface area contributed by atoms with Gasteiger partial charge in [-0.05, 0) is 23.8 Å². The van der Waals surface area contributed by atoms with Crippen molar-refractivity contribution in [2.45, 2.75) is 6.54 Å². The minimum Gasteiger partial charge on any atom is -0.494 e. The predicted octanol–water partition coefficient (Wildman–Crippen LogP) is 1.05. The molecule has 0 saturated heterocycles. The number of aryl methyl sites for hydroxylation is 1. The summed E-state index contributed by atoms with van der Waals surface area (Å²) in [7, 11) is 5.81. The zero-order chi connectivity index (χ0) is 20.6. The van der Waals surface area contributed by atoms with Gasteiger partial charge < -0.3 is 9.64 Å². The van der Waals surface area contributed by atoms with Gasteiger partial charge in [-0.1, -0.05) is 6.07 Å². The predicted molar refractivity (Wildman–Crippen MR) is 101 cm³/mol. The molecule has 0 aliphatic carbocycles. The van der Waals surface area contributed by atoms with Crippen molar-refractivity contribution in [2.75, 3.05) is 14.2 Å². The second-order valence-electron chi connectivity index (χ2n) is 6.43. The van der Waals surface area contributed by atoms with Crippen LogP contribution in [0.5, 0.6) is 5.75 Å². The number of carbonyl (C=O) groups excluding carboxylic acids is 1. The normalized spacial score (nSPS) is 10.9. The number of fused-ring (bicyclic) bond motifs is 1. The van der Waals surface area contributed by atoms with E-state index >= 15 is 0 Å². The molecule has 2 heterocycles. The smallest absolute Gasteiger partial charge is 0.332 e. The molecular formula is C19H19FN4O4. The number of benzene rings is 1. The first-order valence-electron chi connectivity index (χ1n) is 8.38. The minimum atomic E-state index is -0.528. The summed E-state index contributed by atoms with van der Waals surface area (Å²) >= 11 is 0. The van der Waals surface area contributed by atoms with Gasteiger partial charge in [0, 0.05) is 33.9 Å². The highest BCUT2D eigenvalue weighted by Crippen LogP contribution is 2.19. The average Bonchev–Trinajstić information content (AvgIpc) is 2.69. The first-order valence-corrected chi connectivity index (χ1v) is 8.38. The van der Waals surface area contributed by atoms with E-state index in [2.05, 4.69) is 4.98 Å². The number of halogens is 1. The molecule has 0 aliphatic rings. The largest absolute Gasteiger partial charge is 0.494 e. The Labute approximate surface area is 159 Å². The molecule has 0 spiro atoms.